The highest BCUT2D eigenvalue weighted by molar-refractivity contribution is 7.99. The van der Waals surface area contributed by atoms with Crippen LogP contribution in [0, 0.1) is 25.6 Å². The summed E-state index contributed by atoms with van der Waals surface area (Å²) in [5, 5.41) is 12.3. The van der Waals surface area contributed by atoms with E-state index in [9.17, 15) is 9.18 Å². The Kier molecular flexibility index (Phi) is 7.90. The van der Waals surface area contributed by atoms with Gasteiger partial charge < -0.3 is 14.6 Å². The molecule has 1 aromatic heterocycles. The number of amides is 1. The largest absolute Gasteiger partial charge is 0.483 e. The summed E-state index contributed by atoms with van der Waals surface area (Å²) < 4.78 is 21.1. The molecule has 1 N–H and O–H groups in total. The summed E-state index contributed by atoms with van der Waals surface area (Å²) in [6.45, 7) is 10.8. The summed E-state index contributed by atoms with van der Waals surface area (Å²) in [6.07, 6.45) is -0.384. The molecule has 1 amide bonds. The van der Waals surface area contributed by atoms with Crippen LogP contribution in [0.15, 0.2) is 47.6 Å². The Labute approximate surface area is 192 Å². The van der Waals surface area contributed by atoms with Gasteiger partial charge >= 0.3 is 0 Å². The van der Waals surface area contributed by atoms with Gasteiger partial charge in [0.15, 0.2) is 17.1 Å². The van der Waals surface area contributed by atoms with Gasteiger partial charge in [-0.05, 0) is 68.1 Å². The maximum atomic E-state index is 13.2. The van der Waals surface area contributed by atoms with E-state index in [1.54, 1.807) is 12.1 Å². The van der Waals surface area contributed by atoms with Crippen LogP contribution in [0.3, 0.4) is 0 Å². The first-order valence-electron chi connectivity index (χ1n) is 10.6. The van der Waals surface area contributed by atoms with E-state index in [1.807, 2.05) is 43.5 Å². The molecule has 0 aliphatic carbocycles. The topological polar surface area (TPSA) is 69.0 Å². The number of nitrogens with one attached hydrogen (secondary N) is 1. The lowest BCUT2D eigenvalue weighted by molar-refractivity contribution is -0.113. The van der Waals surface area contributed by atoms with Crippen LogP contribution < -0.4 is 10.1 Å². The zero-order chi connectivity index (χ0) is 23.3. The number of rotatable bonds is 9. The number of carbonyl (C=O) groups excluding carboxylic acids is 1. The van der Waals surface area contributed by atoms with Crippen LogP contribution in [-0.4, -0.2) is 26.4 Å². The minimum Gasteiger partial charge on any atom is -0.483 e. The van der Waals surface area contributed by atoms with Crippen molar-refractivity contribution in [3.63, 3.8) is 0 Å². The molecule has 3 rings (SSSR count). The van der Waals surface area contributed by atoms with E-state index in [4.69, 9.17) is 4.74 Å². The maximum Gasteiger partial charge on any atom is 0.234 e. The number of aromatic nitrogens is 3. The van der Waals surface area contributed by atoms with Gasteiger partial charge in [-0.1, -0.05) is 37.7 Å². The molecular weight excluding hydrogens is 427 g/mol. The molecule has 8 heteroatoms. The number of nitrogens with zero attached hydrogens (tertiary/aromatic N) is 3. The quantitative estimate of drug-likeness (QED) is 0.427. The van der Waals surface area contributed by atoms with Gasteiger partial charge in [-0.2, -0.15) is 0 Å². The first-order chi connectivity index (χ1) is 15.2. The third-order valence-electron chi connectivity index (χ3n) is 4.99. The van der Waals surface area contributed by atoms with Crippen LogP contribution in [0.2, 0.25) is 0 Å². The van der Waals surface area contributed by atoms with Crippen molar-refractivity contribution >= 4 is 23.4 Å². The molecule has 1 unspecified atom stereocenters. The molecule has 3 aromatic rings. The van der Waals surface area contributed by atoms with E-state index in [-0.39, 0.29) is 23.6 Å². The maximum absolute atomic E-state index is 13.2. The minimum absolute atomic E-state index is 0.0973. The normalized spacial score (nSPS) is 12.1. The number of anilines is 1. The summed E-state index contributed by atoms with van der Waals surface area (Å²) in [7, 11) is 0. The summed E-state index contributed by atoms with van der Waals surface area (Å²) in [5.41, 5.74) is 3.01. The number of carbonyl (C=O) groups is 1. The second kappa shape index (κ2) is 10.6. The Bertz CT molecular complexity index is 1070. The van der Waals surface area contributed by atoms with E-state index in [2.05, 4.69) is 29.4 Å². The Morgan fingerprint density at radius 1 is 1.12 bits per heavy atom. The molecule has 0 saturated carbocycles. The number of thioether (sulfide) groups is 1. The van der Waals surface area contributed by atoms with Gasteiger partial charge in [0.05, 0.1) is 5.75 Å². The van der Waals surface area contributed by atoms with E-state index in [0.29, 0.717) is 29.2 Å². The molecule has 0 aliphatic rings. The first-order valence-corrected chi connectivity index (χ1v) is 11.6. The molecule has 0 aliphatic heterocycles. The highest BCUT2D eigenvalue weighted by atomic mass is 32.2. The van der Waals surface area contributed by atoms with Crippen molar-refractivity contribution in [2.24, 2.45) is 5.92 Å². The van der Waals surface area contributed by atoms with Crippen molar-refractivity contribution in [1.29, 1.82) is 0 Å². The third-order valence-corrected chi connectivity index (χ3v) is 5.96. The SMILES string of the molecule is Cc1cccc(NC(=O)CSc2nnc(C(C)Oc3ccc(F)cc3)n2CC(C)C)c1C. The van der Waals surface area contributed by atoms with E-state index >= 15 is 0 Å². The lowest BCUT2D eigenvalue weighted by Gasteiger charge is -2.18. The fourth-order valence-corrected chi connectivity index (χ4v) is 3.97. The number of benzene rings is 2. The second-order valence-corrected chi connectivity index (χ2v) is 9.09. The van der Waals surface area contributed by atoms with Crippen LogP contribution in [0.25, 0.3) is 0 Å². The molecule has 0 spiro atoms. The van der Waals surface area contributed by atoms with E-state index in [1.165, 1.54) is 23.9 Å². The van der Waals surface area contributed by atoms with Gasteiger partial charge in [-0.3, -0.25) is 4.79 Å². The standard InChI is InChI=1S/C24H29FN4O2S/c1-15(2)13-29-23(18(5)31-20-11-9-19(25)10-12-20)27-28-24(29)32-14-22(30)26-21-8-6-7-16(3)17(21)4/h6-12,15,18H,13-14H2,1-5H3,(H,26,30). The summed E-state index contributed by atoms with van der Waals surface area (Å²) in [6, 6.07) is 11.7. The molecule has 1 heterocycles. The molecule has 170 valence electrons. The number of ether oxygens (including phenoxy) is 1. The second-order valence-electron chi connectivity index (χ2n) is 8.14. The van der Waals surface area contributed by atoms with Crippen LogP contribution >= 0.6 is 11.8 Å². The minimum atomic E-state index is -0.384. The Morgan fingerprint density at radius 3 is 2.53 bits per heavy atom. The molecule has 32 heavy (non-hydrogen) atoms. The Hall–Kier alpha value is -2.87. The van der Waals surface area contributed by atoms with E-state index < -0.39 is 0 Å². The fraction of sp³-hybridized carbons (Fsp3) is 0.375. The molecule has 0 bridgehead atoms. The van der Waals surface area contributed by atoms with Crippen molar-refractivity contribution in [3.05, 3.63) is 65.2 Å². The van der Waals surface area contributed by atoms with Crippen LogP contribution in [0.5, 0.6) is 5.75 Å². The highest BCUT2D eigenvalue weighted by Gasteiger charge is 2.21. The third kappa shape index (κ3) is 6.09. The smallest absolute Gasteiger partial charge is 0.234 e. The number of hydrogen-bond acceptors (Lipinski definition) is 5. The summed E-state index contributed by atoms with van der Waals surface area (Å²) >= 11 is 1.35. The molecule has 0 radical (unpaired) electrons. The molecule has 2 aromatic carbocycles. The molecule has 0 saturated heterocycles. The van der Waals surface area contributed by atoms with E-state index in [0.717, 1.165) is 16.8 Å². The highest BCUT2D eigenvalue weighted by Crippen LogP contribution is 2.26. The van der Waals surface area contributed by atoms with Gasteiger partial charge in [-0.15, -0.1) is 10.2 Å². The number of hydrogen-bond donors (Lipinski definition) is 1. The van der Waals surface area contributed by atoms with Crippen LogP contribution in [-0.2, 0) is 11.3 Å². The molecule has 6 nitrogen and oxygen atoms in total. The average Bonchev–Trinajstić information content (AvgIpc) is 3.13. The lowest BCUT2D eigenvalue weighted by atomic mass is 10.1. The van der Waals surface area contributed by atoms with Gasteiger partial charge in [0.2, 0.25) is 5.91 Å². The van der Waals surface area contributed by atoms with Gasteiger partial charge in [0.1, 0.15) is 11.6 Å². The van der Waals surface area contributed by atoms with Crippen molar-refractivity contribution in [2.45, 2.75) is 52.4 Å². The molecular formula is C24H29FN4O2S. The molecule has 0 fully saturated rings. The zero-order valence-electron chi connectivity index (χ0n) is 19.1. The predicted octanol–water partition coefficient (Wildman–Crippen LogP) is 5.56. The Morgan fingerprint density at radius 2 is 1.84 bits per heavy atom. The predicted molar refractivity (Wildman–Crippen MR) is 126 cm³/mol. The monoisotopic (exact) mass is 456 g/mol. The van der Waals surface area contributed by atoms with Crippen molar-refractivity contribution in [1.82, 2.24) is 14.8 Å². The summed E-state index contributed by atoms with van der Waals surface area (Å²) in [4.78, 5) is 12.5. The van der Waals surface area contributed by atoms with Crippen LogP contribution in [0.1, 0.15) is 43.8 Å². The van der Waals surface area contributed by atoms with Gasteiger partial charge in [-0.25, -0.2) is 4.39 Å². The lowest BCUT2D eigenvalue weighted by Crippen LogP contribution is -2.17. The molecule has 1 atom stereocenters. The number of halogens is 1. The van der Waals surface area contributed by atoms with Crippen LogP contribution in [0.4, 0.5) is 10.1 Å². The first kappa shape index (κ1) is 23.8. The average molecular weight is 457 g/mol. The van der Waals surface area contributed by atoms with Gasteiger partial charge in [0.25, 0.3) is 0 Å². The Balaban J connectivity index is 1.70. The zero-order valence-corrected chi connectivity index (χ0v) is 19.9. The fourth-order valence-electron chi connectivity index (χ4n) is 3.22. The van der Waals surface area contributed by atoms with Crippen molar-refractivity contribution in [3.8, 4) is 5.75 Å². The van der Waals surface area contributed by atoms with Crippen molar-refractivity contribution < 1.29 is 13.9 Å². The number of aryl methyl sites for hydroxylation is 1. The van der Waals surface area contributed by atoms with Gasteiger partial charge in [0, 0.05) is 12.2 Å². The van der Waals surface area contributed by atoms with Crippen molar-refractivity contribution in [2.75, 3.05) is 11.1 Å². The summed E-state index contributed by atoms with van der Waals surface area (Å²) in [5.74, 6) is 1.38.